The highest BCUT2D eigenvalue weighted by molar-refractivity contribution is 7.90. The van der Waals surface area contributed by atoms with Crippen LogP contribution in [0, 0.1) is 17.8 Å². The third-order valence-electron chi connectivity index (χ3n) is 10.4. The highest BCUT2D eigenvalue weighted by Crippen LogP contribution is 2.47. The highest BCUT2D eigenvalue weighted by atomic mass is 35.5. The fourth-order valence-corrected chi connectivity index (χ4v) is 8.99. The van der Waals surface area contributed by atoms with Crippen molar-refractivity contribution < 1.29 is 27.8 Å². The van der Waals surface area contributed by atoms with Crippen molar-refractivity contribution in [3.05, 3.63) is 70.3 Å². The van der Waals surface area contributed by atoms with Crippen LogP contribution in [-0.4, -0.2) is 63.7 Å². The Hall–Kier alpha value is -2.59. The van der Waals surface area contributed by atoms with Crippen molar-refractivity contribution in [3.8, 4) is 5.75 Å². The van der Waals surface area contributed by atoms with Gasteiger partial charge in [0.1, 0.15) is 5.75 Å². The average Bonchev–Trinajstić information content (AvgIpc) is 3.13. The molecule has 2 aromatic carbocycles. The molecule has 0 saturated heterocycles. The summed E-state index contributed by atoms with van der Waals surface area (Å²) in [5.74, 6) is 0.427. The molecule has 0 radical (unpaired) electrons. The molecule has 0 unspecified atom stereocenters. The smallest absolute Gasteiger partial charge is 0.264 e. The van der Waals surface area contributed by atoms with E-state index in [-0.39, 0.29) is 42.1 Å². The molecule has 4 aliphatic rings. The number of ether oxygens (including phenoxy) is 2. The number of sulfonamides is 1. The van der Waals surface area contributed by atoms with Gasteiger partial charge in [-0.1, -0.05) is 36.7 Å². The minimum absolute atomic E-state index is 0.0569. The molecule has 10 heteroatoms. The molecule has 2 aliphatic carbocycles. The third-order valence-corrected chi connectivity index (χ3v) is 12.6. The van der Waals surface area contributed by atoms with Crippen LogP contribution in [0.3, 0.4) is 0 Å². The Labute approximate surface area is 265 Å². The number of hydrogen-bond donors (Lipinski definition) is 2. The van der Waals surface area contributed by atoms with E-state index in [1.165, 1.54) is 11.1 Å². The van der Waals surface area contributed by atoms with Crippen LogP contribution in [0.1, 0.15) is 67.4 Å². The first-order chi connectivity index (χ1) is 21.1. The van der Waals surface area contributed by atoms with E-state index in [4.69, 9.17) is 21.1 Å². The maximum absolute atomic E-state index is 13.4. The van der Waals surface area contributed by atoms with Crippen LogP contribution in [0.15, 0.2) is 48.6 Å². The molecule has 2 bridgehead atoms. The first-order valence-corrected chi connectivity index (χ1v) is 17.8. The predicted octanol–water partition coefficient (Wildman–Crippen LogP) is 5.26. The third kappa shape index (κ3) is 6.13. The minimum atomic E-state index is -3.93. The summed E-state index contributed by atoms with van der Waals surface area (Å²) >= 11 is 6.41. The number of carbonyl (C=O) groups excluding carboxylic acids is 1. The van der Waals surface area contributed by atoms with Crippen molar-refractivity contribution in [3.63, 3.8) is 0 Å². The molecule has 0 aromatic heterocycles. The number of halogens is 1. The van der Waals surface area contributed by atoms with Crippen molar-refractivity contribution in [1.82, 2.24) is 4.72 Å². The number of nitrogens with one attached hydrogen (secondary N) is 1. The van der Waals surface area contributed by atoms with Crippen molar-refractivity contribution in [1.29, 1.82) is 0 Å². The lowest BCUT2D eigenvalue weighted by Crippen LogP contribution is -2.49. The number of fused-ring (bicyclic) bond motifs is 4. The zero-order valence-electron chi connectivity index (χ0n) is 25.5. The van der Waals surface area contributed by atoms with Gasteiger partial charge in [-0.15, -0.1) is 0 Å². The number of nitrogens with zero attached hydrogens (tertiary/aromatic N) is 1. The molecule has 1 saturated carbocycles. The molecule has 1 fully saturated rings. The fraction of sp³-hybridized carbons (Fsp3) is 0.559. The predicted molar refractivity (Wildman–Crippen MR) is 172 cm³/mol. The van der Waals surface area contributed by atoms with Gasteiger partial charge in [0.05, 0.1) is 36.9 Å². The number of benzene rings is 2. The van der Waals surface area contributed by atoms with Gasteiger partial charge in [-0.25, -0.2) is 13.1 Å². The van der Waals surface area contributed by atoms with Gasteiger partial charge in [-0.05, 0) is 105 Å². The molecule has 6 rings (SSSR count). The molecular formula is C34H43ClN2O6S. The Bertz CT molecular complexity index is 1530. The Balaban J connectivity index is 1.42. The minimum Gasteiger partial charge on any atom is -0.490 e. The first-order valence-electron chi connectivity index (χ1n) is 15.9. The monoisotopic (exact) mass is 642 g/mol. The number of amides is 1. The van der Waals surface area contributed by atoms with Crippen molar-refractivity contribution in [2.75, 3.05) is 37.8 Å². The molecule has 2 heterocycles. The van der Waals surface area contributed by atoms with Crippen LogP contribution in [0.2, 0.25) is 5.02 Å². The van der Waals surface area contributed by atoms with Gasteiger partial charge < -0.3 is 19.5 Å². The topological polar surface area (TPSA) is 105 Å². The number of anilines is 1. The number of carbonyl (C=O) groups is 1. The molecule has 1 amide bonds. The van der Waals surface area contributed by atoms with Gasteiger partial charge in [0.15, 0.2) is 0 Å². The molecule has 2 N–H and O–H groups in total. The van der Waals surface area contributed by atoms with E-state index >= 15 is 0 Å². The zero-order valence-corrected chi connectivity index (χ0v) is 27.1. The second-order valence-electron chi connectivity index (χ2n) is 13.2. The average molecular weight is 643 g/mol. The molecule has 8 nitrogen and oxygen atoms in total. The Morgan fingerprint density at radius 2 is 2.02 bits per heavy atom. The summed E-state index contributed by atoms with van der Waals surface area (Å²) in [5.41, 5.74) is 3.34. The molecule has 44 heavy (non-hydrogen) atoms. The zero-order chi connectivity index (χ0) is 31.1. The van der Waals surface area contributed by atoms with E-state index in [0.717, 1.165) is 49.4 Å². The molecular weight excluding hydrogens is 600 g/mol. The van der Waals surface area contributed by atoms with Gasteiger partial charge in [0.25, 0.3) is 5.91 Å². The number of aliphatic hydroxyl groups excluding tert-OH is 1. The van der Waals surface area contributed by atoms with E-state index in [9.17, 15) is 18.3 Å². The number of hydrogen-bond acceptors (Lipinski definition) is 7. The van der Waals surface area contributed by atoms with Crippen molar-refractivity contribution in [2.45, 2.75) is 69.1 Å². The van der Waals surface area contributed by atoms with E-state index in [1.54, 1.807) is 25.1 Å². The summed E-state index contributed by atoms with van der Waals surface area (Å²) in [6.45, 7) is 5.65. The second-order valence-corrected chi connectivity index (χ2v) is 15.6. The van der Waals surface area contributed by atoms with Crippen molar-refractivity contribution in [2.24, 2.45) is 17.8 Å². The van der Waals surface area contributed by atoms with E-state index in [1.807, 2.05) is 25.1 Å². The highest BCUT2D eigenvalue weighted by Gasteiger charge is 2.44. The Kier molecular flexibility index (Phi) is 9.03. The summed E-state index contributed by atoms with van der Waals surface area (Å²) in [4.78, 5) is 15.8. The summed E-state index contributed by atoms with van der Waals surface area (Å²) in [6.07, 6.45) is 9.43. The van der Waals surface area contributed by atoms with Gasteiger partial charge in [0.2, 0.25) is 10.0 Å². The van der Waals surface area contributed by atoms with E-state index < -0.39 is 21.2 Å². The van der Waals surface area contributed by atoms with Gasteiger partial charge >= 0.3 is 0 Å². The largest absolute Gasteiger partial charge is 0.490 e. The normalized spacial score (nSPS) is 32.3. The number of aliphatic hydroxyl groups is 1. The first kappa shape index (κ1) is 31.4. The number of aryl methyl sites for hydroxylation is 1. The standard InChI is InChI=1S/C34H43ClN2O6S/c1-22-5-3-7-31(42-16-15-38)28-11-8-26(28)19-37-20-34(14-4-6-24-17-27(35)10-12-29(24)34)21-43-32-13-9-25(18-30(32)37)33(39)36-44(40,41)23(22)2/h3,7,9-10,12-13,17-18,22-23,26,28,31,38H,4-6,8,11,14-16,19-21H2,1-2H3,(H,36,39)/b7-3+/t22-,23+,26-,28+,31-,34-/m0/s1. The number of allylic oxidation sites excluding steroid dienone is 1. The maximum atomic E-state index is 13.4. The van der Waals surface area contributed by atoms with E-state index in [2.05, 4.69) is 21.8 Å². The maximum Gasteiger partial charge on any atom is 0.264 e. The summed E-state index contributed by atoms with van der Waals surface area (Å²) in [5, 5.41) is 9.50. The van der Waals surface area contributed by atoms with Gasteiger partial charge in [-0.3, -0.25) is 4.79 Å². The lowest BCUT2D eigenvalue weighted by Gasteiger charge is -2.46. The number of rotatable bonds is 3. The molecule has 2 aromatic rings. The lowest BCUT2D eigenvalue weighted by molar-refractivity contribution is -0.0258. The van der Waals surface area contributed by atoms with Crippen LogP contribution >= 0.6 is 11.6 Å². The summed E-state index contributed by atoms with van der Waals surface area (Å²) < 4.78 is 41.6. The van der Waals surface area contributed by atoms with Crippen LogP contribution < -0.4 is 14.4 Å². The van der Waals surface area contributed by atoms with Gasteiger partial charge in [-0.2, -0.15) is 0 Å². The van der Waals surface area contributed by atoms with Crippen LogP contribution in [0.25, 0.3) is 0 Å². The Morgan fingerprint density at radius 1 is 1.18 bits per heavy atom. The SMILES string of the molecule is C[C@@H]1[C@@H](C)C/C=C/[C@H](OCCO)[C@@H]2CC[C@H]2CN2C[C@@]3(CCCc4cc(Cl)ccc43)COc3ccc(cc32)C(=O)NS1(=O)=O. The van der Waals surface area contributed by atoms with E-state index in [0.29, 0.717) is 31.2 Å². The molecule has 1 spiro atoms. The quantitative estimate of drug-likeness (QED) is 0.440. The fourth-order valence-electron chi connectivity index (χ4n) is 7.51. The van der Waals surface area contributed by atoms with Crippen LogP contribution in [-0.2, 0) is 26.6 Å². The van der Waals surface area contributed by atoms with Crippen molar-refractivity contribution >= 4 is 33.2 Å². The summed E-state index contributed by atoms with van der Waals surface area (Å²) in [7, 11) is -3.93. The van der Waals surface area contributed by atoms with Crippen LogP contribution in [0.5, 0.6) is 5.75 Å². The molecule has 2 aliphatic heterocycles. The van der Waals surface area contributed by atoms with Crippen LogP contribution in [0.4, 0.5) is 5.69 Å². The molecule has 238 valence electrons. The summed E-state index contributed by atoms with van der Waals surface area (Å²) in [6, 6.07) is 11.4. The lowest BCUT2D eigenvalue weighted by atomic mass is 9.68. The second kappa shape index (κ2) is 12.7. The van der Waals surface area contributed by atoms with Gasteiger partial charge in [0, 0.05) is 29.1 Å². The Morgan fingerprint density at radius 3 is 2.80 bits per heavy atom. The molecule has 6 atom stereocenters.